The van der Waals surface area contributed by atoms with Crippen LogP contribution in [0.2, 0.25) is 0 Å². The summed E-state index contributed by atoms with van der Waals surface area (Å²) < 4.78 is 10.4. The van der Waals surface area contributed by atoms with Crippen molar-refractivity contribution in [2.45, 2.75) is 38.3 Å². The minimum atomic E-state index is -0.324. The van der Waals surface area contributed by atoms with E-state index in [0.717, 1.165) is 30.6 Å². The number of ether oxygens (including phenoxy) is 2. The Morgan fingerprint density at radius 2 is 2.40 bits per heavy atom. The maximum Gasteiger partial charge on any atom is 0.307 e. The van der Waals surface area contributed by atoms with Gasteiger partial charge in [0.15, 0.2) is 0 Å². The van der Waals surface area contributed by atoms with E-state index in [1.807, 2.05) is 19.3 Å². The van der Waals surface area contributed by atoms with Gasteiger partial charge in [-0.2, -0.15) is 0 Å². The van der Waals surface area contributed by atoms with Crippen molar-refractivity contribution < 1.29 is 14.3 Å². The summed E-state index contributed by atoms with van der Waals surface area (Å²) in [5.41, 5.74) is 1.92. The van der Waals surface area contributed by atoms with Gasteiger partial charge < -0.3 is 14.8 Å². The lowest BCUT2D eigenvalue weighted by Crippen LogP contribution is -2.52. The summed E-state index contributed by atoms with van der Waals surface area (Å²) in [6.45, 7) is 4.00. The molecule has 0 amide bonds. The first kappa shape index (κ1) is 14.9. The second kappa shape index (κ2) is 6.81. The molecule has 2 heterocycles. The number of methoxy groups -OCH3 is 1. The van der Waals surface area contributed by atoms with Crippen LogP contribution in [0.15, 0.2) is 18.5 Å². The largest absolute Gasteiger partial charge is 0.469 e. The molecule has 0 radical (unpaired) electrons. The maximum atomic E-state index is 11.6. The quantitative estimate of drug-likeness (QED) is 0.829. The van der Waals surface area contributed by atoms with Gasteiger partial charge in [0.25, 0.3) is 0 Å². The first-order chi connectivity index (χ1) is 9.63. The predicted octanol–water partition coefficient (Wildman–Crippen LogP) is 1.59. The SMILES string of the molecule is COC(=O)CC1(NCc2cncc(C)c2)CCCOC1. The number of carbonyl (C=O) groups excluding carboxylic acids is 1. The van der Waals surface area contributed by atoms with E-state index in [2.05, 4.69) is 16.4 Å². The minimum absolute atomic E-state index is 0.203. The zero-order chi connectivity index (χ0) is 14.4. The van der Waals surface area contributed by atoms with Gasteiger partial charge in [-0.3, -0.25) is 9.78 Å². The highest BCUT2D eigenvalue weighted by Crippen LogP contribution is 2.24. The summed E-state index contributed by atoms with van der Waals surface area (Å²) in [6, 6.07) is 2.09. The summed E-state index contributed by atoms with van der Waals surface area (Å²) in [7, 11) is 1.42. The zero-order valence-electron chi connectivity index (χ0n) is 12.1. The molecular weight excluding hydrogens is 256 g/mol. The molecule has 1 fully saturated rings. The average Bonchev–Trinajstić information content (AvgIpc) is 2.46. The molecule has 1 unspecified atom stereocenters. The van der Waals surface area contributed by atoms with Crippen molar-refractivity contribution in [3.05, 3.63) is 29.6 Å². The van der Waals surface area contributed by atoms with Gasteiger partial charge in [0.05, 0.1) is 25.7 Å². The van der Waals surface area contributed by atoms with Crippen molar-refractivity contribution >= 4 is 5.97 Å². The fourth-order valence-electron chi connectivity index (χ4n) is 2.55. The third kappa shape index (κ3) is 4.02. The van der Waals surface area contributed by atoms with Crippen molar-refractivity contribution in [3.63, 3.8) is 0 Å². The molecule has 1 aliphatic rings. The Morgan fingerprint density at radius 3 is 3.05 bits per heavy atom. The Labute approximate surface area is 119 Å². The smallest absolute Gasteiger partial charge is 0.307 e. The molecule has 110 valence electrons. The Morgan fingerprint density at radius 1 is 1.55 bits per heavy atom. The van der Waals surface area contributed by atoms with Crippen LogP contribution in [0.1, 0.15) is 30.4 Å². The third-order valence-electron chi connectivity index (χ3n) is 3.63. The number of hydrogen-bond acceptors (Lipinski definition) is 5. The molecule has 1 aromatic rings. The maximum absolute atomic E-state index is 11.6. The van der Waals surface area contributed by atoms with E-state index >= 15 is 0 Å². The topological polar surface area (TPSA) is 60.5 Å². The molecule has 1 atom stereocenters. The van der Waals surface area contributed by atoms with E-state index in [4.69, 9.17) is 9.47 Å². The average molecular weight is 278 g/mol. The number of esters is 1. The molecule has 2 rings (SSSR count). The van der Waals surface area contributed by atoms with Crippen molar-refractivity contribution in [1.82, 2.24) is 10.3 Å². The van der Waals surface area contributed by atoms with E-state index in [9.17, 15) is 4.79 Å². The predicted molar refractivity (Wildman–Crippen MR) is 75.2 cm³/mol. The molecule has 0 aromatic carbocycles. The summed E-state index contributed by atoms with van der Waals surface area (Å²) in [5, 5.41) is 3.48. The number of pyridine rings is 1. The molecule has 20 heavy (non-hydrogen) atoms. The van der Waals surface area contributed by atoms with E-state index in [-0.39, 0.29) is 11.5 Å². The Bertz CT molecular complexity index is 456. The van der Waals surface area contributed by atoms with E-state index in [1.54, 1.807) is 0 Å². The number of rotatable bonds is 5. The summed E-state index contributed by atoms with van der Waals surface area (Å²) in [6.07, 6.45) is 5.88. The van der Waals surface area contributed by atoms with E-state index in [0.29, 0.717) is 19.6 Å². The molecule has 5 heteroatoms. The van der Waals surface area contributed by atoms with Gasteiger partial charge in [0.1, 0.15) is 0 Å². The summed E-state index contributed by atoms with van der Waals surface area (Å²) >= 11 is 0. The second-order valence-corrected chi connectivity index (χ2v) is 5.41. The van der Waals surface area contributed by atoms with Crippen molar-refractivity contribution in [2.75, 3.05) is 20.3 Å². The zero-order valence-corrected chi connectivity index (χ0v) is 12.1. The van der Waals surface area contributed by atoms with Crippen LogP contribution in [0.25, 0.3) is 0 Å². The van der Waals surface area contributed by atoms with Gasteiger partial charge in [-0.1, -0.05) is 6.07 Å². The number of nitrogens with one attached hydrogen (secondary N) is 1. The van der Waals surface area contributed by atoms with Crippen molar-refractivity contribution in [2.24, 2.45) is 0 Å². The normalized spacial score (nSPS) is 22.5. The highest BCUT2D eigenvalue weighted by Gasteiger charge is 2.35. The van der Waals surface area contributed by atoms with Crippen LogP contribution in [0, 0.1) is 6.92 Å². The van der Waals surface area contributed by atoms with Crippen LogP contribution in [0.3, 0.4) is 0 Å². The van der Waals surface area contributed by atoms with E-state index in [1.165, 1.54) is 7.11 Å². The van der Waals surface area contributed by atoms with Gasteiger partial charge in [-0.25, -0.2) is 0 Å². The van der Waals surface area contributed by atoms with Gasteiger partial charge in [-0.15, -0.1) is 0 Å². The van der Waals surface area contributed by atoms with Crippen molar-refractivity contribution in [3.8, 4) is 0 Å². The fraction of sp³-hybridized carbons (Fsp3) is 0.600. The Balaban J connectivity index is 2.02. The van der Waals surface area contributed by atoms with Crippen molar-refractivity contribution in [1.29, 1.82) is 0 Å². The number of aryl methyl sites for hydroxylation is 1. The van der Waals surface area contributed by atoms with Gasteiger partial charge in [0.2, 0.25) is 0 Å². The number of carbonyl (C=O) groups is 1. The third-order valence-corrected chi connectivity index (χ3v) is 3.63. The Kier molecular flexibility index (Phi) is 5.09. The minimum Gasteiger partial charge on any atom is -0.469 e. The number of aromatic nitrogens is 1. The van der Waals surface area contributed by atoms with Crippen LogP contribution in [-0.4, -0.2) is 36.8 Å². The lowest BCUT2D eigenvalue weighted by Gasteiger charge is -2.37. The molecule has 1 N–H and O–H groups in total. The first-order valence-electron chi connectivity index (χ1n) is 6.94. The molecule has 0 aliphatic carbocycles. The molecule has 0 bridgehead atoms. The number of hydrogen-bond donors (Lipinski definition) is 1. The standard InChI is InChI=1S/C15H22N2O3/c1-12-6-13(9-16-8-12)10-17-15(7-14(18)19-2)4-3-5-20-11-15/h6,8-9,17H,3-5,7,10-11H2,1-2H3. The highest BCUT2D eigenvalue weighted by molar-refractivity contribution is 5.70. The molecule has 1 saturated heterocycles. The Hall–Kier alpha value is -1.46. The highest BCUT2D eigenvalue weighted by atomic mass is 16.5. The van der Waals surface area contributed by atoms with Crippen LogP contribution < -0.4 is 5.32 Å². The van der Waals surface area contributed by atoms with Crippen LogP contribution >= 0.6 is 0 Å². The van der Waals surface area contributed by atoms with Crippen LogP contribution in [0.5, 0.6) is 0 Å². The van der Waals surface area contributed by atoms with Gasteiger partial charge >= 0.3 is 5.97 Å². The second-order valence-electron chi connectivity index (χ2n) is 5.41. The molecule has 1 aliphatic heterocycles. The number of nitrogens with zero attached hydrogens (tertiary/aromatic N) is 1. The van der Waals surface area contributed by atoms with Crippen LogP contribution in [0.4, 0.5) is 0 Å². The molecule has 0 spiro atoms. The molecule has 0 saturated carbocycles. The lowest BCUT2D eigenvalue weighted by molar-refractivity contribution is -0.144. The molecule has 5 nitrogen and oxygen atoms in total. The van der Waals surface area contributed by atoms with Crippen LogP contribution in [-0.2, 0) is 20.8 Å². The molecular formula is C15H22N2O3. The van der Waals surface area contributed by atoms with E-state index < -0.39 is 0 Å². The summed E-state index contributed by atoms with van der Waals surface area (Å²) in [4.78, 5) is 15.8. The fourth-order valence-corrected chi connectivity index (χ4v) is 2.55. The van der Waals surface area contributed by atoms with Gasteiger partial charge in [0, 0.05) is 25.5 Å². The summed E-state index contributed by atoms with van der Waals surface area (Å²) in [5.74, 6) is -0.203. The van der Waals surface area contributed by atoms with Gasteiger partial charge in [-0.05, 0) is 30.9 Å². The monoisotopic (exact) mass is 278 g/mol. The lowest BCUT2D eigenvalue weighted by atomic mass is 9.88. The first-order valence-corrected chi connectivity index (χ1v) is 6.94. The molecule has 1 aromatic heterocycles.